The number of carbonyl (C=O) groups excluding carboxylic acids is 1. The first-order valence-corrected chi connectivity index (χ1v) is 5.89. The van der Waals surface area contributed by atoms with Gasteiger partial charge < -0.3 is 0 Å². The van der Waals surface area contributed by atoms with Crippen LogP contribution in [0.15, 0.2) is 40.2 Å². The molecule has 1 heterocycles. The van der Waals surface area contributed by atoms with E-state index in [1.54, 1.807) is 23.6 Å². The van der Waals surface area contributed by atoms with Crippen LogP contribution in [0.4, 0.5) is 4.39 Å². The zero-order valence-electron chi connectivity index (χ0n) is 7.54. The number of halogens is 2. The van der Waals surface area contributed by atoms with Crippen LogP contribution < -0.4 is 0 Å². The predicted octanol–water partition coefficient (Wildman–Crippen LogP) is 3.88. The molecule has 0 atom stereocenters. The molecule has 1 nitrogen and oxygen atoms in total. The Morgan fingerprint density at radius 1 is 1.33 bits per heavy atom. The van der Waals surface area contributed by atoms with E-state index in [2.05, 4.69) is 15.9 Å². The molecule has 1 aromatic carbocycles. The lowest BCUT2D eigenvalue weighted by atomic mass is 10.1. The number of thiophene rings is 1. The maximum absolute atomic E-state index is 13.3. The highest BCUT2D eigenvalue weighted by atomic mass is 79.9. The number of benzene rings is 1. The summed E-state index contributed by atoms with van der Waals surface area (Å²) in [5.74, 6) is -0.754. The lowest BCUT2D eigenvalue weighted by molar-refractivity contribution is 0.103. The van der Waals surface area contributed by atoms with Crippen LogP contribution in [0.3, 0.4) is 0 Å². The van der Waals surface area contributed by atoms with E-state index in [1.165, 1.54) is 23.5 Å². The molecule has 0 fully saturated rings. The maximum atomic E-state index is 13.3. The van der Waals surface area contributed by atoms with Gasteiger partial charge in [0.2, 0.25) is 5.78 Å². The standard InChI is InChI=1S/C11H6BrFOS/c12-7-5-10(15-6-7)11(14)8-3-1-2-4-9(8)13/h1-6H. The first-order chi connectivity index (χ1) is 7.18. The SMILES string of the molecule is O=C(c1cc(Br)cs1)c1ccccc1F. The molecule has 2 rings (SSSR count). The monoisotopic (exact) mass is 284 g/mol. The number of rotatable bonds is 2. The quantitative estimate of drug-likeness (QED) is 0.765. The third-order valence-electron chi connectivity index (χ3n) is 1.91. The third kappa shape index (κ3) is 2.16. The van der Waals surface area contributed by atoms with Crippen molar-refractivity contribution in [2.45, 2.75) is 0 Å². The van der Waals surface area contributed by atoms with Crippen molar-refractivity contribution in [3.05, 3.63) is 56.4 Å². The van der Waals surface area contributed by atoms with Crippen LogP contribution in [0, 0.1) is 5.82 Å². The molecule has 1 aromatic heterocycles. The highest BCUT2D eigenvalue weighted by Crippen LogP contribution is 2.23. The Hall–Kier alpha value is -1.00. The molecule has 0 aliphatic rings. The summed E-state index contributed by atoms with van der Waals surface area (Å²) < 4.78 is 14.1. The van der Waals surface area contributed by atoms with Gasteiger partial charge in [0.15, 0.2) is 0 Å². The number of hydrogen-bond acceptors (Lipinski definition) is 2. The first kappa shape index (κ1) is 10.5. The Bertz CT molecular complexity index is 507. The van der Waals surface area contributed by atoms with Gasteiger partial charge in [-0.2, -0.15) is 0 Å². The summed E-state index contributed by atoms with van der Waals surface area (Å²) in [6.07, 6.45) is 0. The summed E-state index contributed by atoms with van der Waals surface area (Å²) in [6.45, 7) is 0. The molecule has 0 spiro atoms. The minimum Gasteiger partial charge on any atom is -0.288 e. The number of carbonyl (C=O) groups is 1. The van der Waals surface area contributed by atoms with Crippen molar-refractivity contribution in [2.24, 2.45) is 0 Å². The van der Waals surface area contributed by atoms with Crippen LogP contribution >= 0.6 is 27.3 Å². The van der Waals surface area contributed by atoms with Gasteiger partial charge in [-0.1, -0.05) is 12.1 Å². The van der Waals surface area contributed by atoms with Crippen molar-refractivity contribution in [1.82, 2.24) is 0 Å². The summed E-state index contributed by atoms with van der Waals surface area (Å²) in [5, 5.41) is 1.80. The van der Waals surface area contributed by atoms with E-state index >= 15 is 0 Å². The largest absolute Gasteiger partial charge is 0.288 e. The van der Waals surface area contributed by atoms with Gasteiger partial charge in [-0.05, 0) is 34.1 Å². The van der Waals surface area contributed by atoms with Gasteiger partial charge >= 0.3 is 0 Å². The van der Waals surface area contributed by atoms with Crippen molar-refractivity contribution in [1.29, 1.82) is 0 Å². The van der Waals surface area contributed by atoms with Crippen LogP contribution in [0.2, 0.25) is 0 Å². The molecule has 0 N–H and O–H groups in total. The van der Waals surface area contributed by atoms with E-state index in [0.717, 1.165) is 4.47 Å². The lowest BCUT2D eigenvalue weighted by Crippen LogP contribution is -2.01. The minimum absolute atomic E-state index is 0.117. The van der Waals surface area contributed by atoms with Gasteiger partial charge in [0.1, 0.15) is 5.82 Å². The molecule has 0 aliphatic carbocycles. The molecule has 2 aromatic rings. The summed E-state index contributed by atoms with van der Waals surface area (Å²) in [6, 6.07) is 7.69. The Balaban J connectivity index is 2.41. The van der Waals surface area contributed by atoms with E-state index in [-0.39, 0.29) is 11.3 Å². The topological polar surface area (TPSA) is 17.1 Å². The average molecular weight is 285 g/mol. The molecule has 76 valence electrons. The van der Waals surface area contributed by atoms with Crippen LogP contribution in [0.1, 0.15) is 15.2 Å². The molecule has 0 saturated carbocycles. The molecule has 0 unspecified atom stereocenters. The fourth-order valence-electron chi connectivity index (χ4n) is 1.21. The summed E-state index contributed by atoms with van der Waals surface area (Å²) in [7, 11) is 0. The van der Waals surface area contributed by atoms with E-state index < -0.39 is 5.82 Å². The normalized spacial score (nSPS) is 10.3. The average Bonchev–Trinajstić information content (AvgIpc) is 2.65. The lowest BCUT2D eigenvalue weighted by Gasteiger charge is -1.98. The van der Waals surface area contributed by atoms with Crippen molar-refractivity contribution >= 4 is 33.0 Å². The van der Waals surface area contributed by atoms with E-state index in [1.807, 2.05) is 0 Å². The van der Waals surface area contributed by atoms with Crippen LogP contribution in [0.5, 0.6) is 0 Å². The van der Waals surface area contributed by atoms with Crippen molar-refractivity contribution < 1.29 is 9.18 Å². The highest BCUT2D eigenvalue weighted by Gasteiger charge is 2.14. The zero-order chi connectivity index (χ0) is 10.8. The number of hydrogen-bond donors (Lipinski definition) is 0. The fourth-order valence-corrected chi connectivity index (χ4v) is 2.59. The maximum Gasteiger partial charge on any atom is 0.205 e. The third-order valence-corrected chi connectivity index (χ3v) is 3.60. The van der Waals surface area contributed by atoms with Crippen LogP contribution in [0.25, 0.3) is 0 Å². The van der Waals surface area contributed by atoms with E-state index in [4.69, 9.17) is 0 Å². The second kappa shape index (κ2) is 4.24. The molecule has 0 bridgehead atoms. The fraction of sp³-hybridized carbons (Fsp3) is 0. The minimum atomic E-state index is -0.480. The molecule has 0 amide bonds. The van der Waals surface area contributed by atoms with Gasteiger partial charge in [-0.15, -0.1) is 11.3 Å². The van der Waals surface area contributed by atoms with Gasteiger partial charge in [0, 0.05) is 9.85 Å². The van der Waals surface area contributed by atoms with Crippen LogP contribution in [-0.4, -0.2) is 5.78 Å². The Morgan fingerprint density at radius 3 is 2.67 bits per heavy atom. The number of ketones is 1. The molecular formula is C11H6BrFOS. The summed E-state index contributed by atoms with van der Waals surface area (Å²) >= 11 is 4.55. The van der Waals surface area contributed by atoms with Crippen LogP contribution in [-0.2, 0) is 0 Å². The molecule has 0 aliphatic heterocycles. The van der Waals surface area contributed by atoms with Crippen molar-refractivity contribution in [3.8, 4) is 0 Å². The van der Waals surface area contributed by atoms with E-state index in [9.17, 15) is 9.18 Å². The smallest absolute Gasteiger partial charge is 0.205 e. The van der Waals surface area contributed by atoms with Gasteiger partial charge in [0.25, 0.3) is 0 Å². The van der Waals surface area contributed by atoms with E-state index in [0.29, 0.717) is 4.88 Å². The summed E-state index contributed by atoms with van der Waals surface area (Å²) in [4.78, 5) is 12.4. The van der Waals surface area contributed by atoms with Gasteiger partial charge in [-0.3, -0.25) is 4.79 Å². The Morgan fingerprint density at radius 2 is 2.07 bits per heavy atom. The highest BCUT2D eigenvalue weighted by molar-refractivity contribution is 9.10. The van der Waals surface area contributed by atoms with Crippen molar-refractivity contribution in [3.63, 3.8) is 0 Å². The molecule has 0 saturated heterocycles. The van der Waals surface area contributed by atoms with Gasteiger partial charge in [0.05, 0.1) is 10.4 Å². The Kier molecular flexibility index (Phi) is 2.98. The van der Waals surface area contributed by atoms with Gasteiger partial charge in [-0.25, -0.2) is 4.39 Å². The first-order valence-electron chi connectivity index (χ1n) is 4.22. The Labute approximate surface area is 98.7 Å². The zero-order valence-corrected chi connectivity index (χ0v) is 9.94. The second-order valence-electron chi connectivity index (χ2n) is 2.94. The molecule has 0 radical (unpaired) electrons. The molecular weight excluding hydrogens is 279 g/mol. The second-order valence-corrected chi connectivity index (χ2v) is 4.77. The summed E-state index contributed by atoms with van der Waals surface area (Å²) in [5.41, 5.74) is 0.117. The predicted molar refractivity (Wildman–Crippen MR) is 61.9 cm³/mol. The molecule has 4 heteroatoms. The molecule has 15 heavy (non-hydrogen) atoms. The van der Waals surface area contributed by atoms with Crippen molar-refractivity contribution in [2.75, 3.05) is 0 Å².